The van der Waals surface area contributed by atoms with Crippen LogP contribution in [0, 0.1) is 6.92 Å². The molecule has 0 bridgehead atoms. The van der Waals surface area contributed by atoms with E-state index >= 15 is 0 Å². The normalized spacial score (nSPS) is 16.0. The predicted molar refractivity (Wildman–Crippen MR) is 107 cm³/mol. The highest BCUT2D eigenvalue weighted by Crippen LogP contribution is 2.40. The highest BCUT2D eigenvalue weighted by atomic mass is 32.1. The molecule has 3 heterocycles. The van der Waals surface area contributed by atoms with Crippen LogP contribution in [0.4, 0.5) is 0 Å². The van der Waals surface area contributed by atoms with Gasteiger partial charge in [-0.25, -0.2) is 4.98 Å². The Morgan fingerprint density at radius 3 is 2.69 bits per heavy atom. The quantitative estimate of drug-likeness (QED) is 0.689. The summed E-state index contributed by atoms with van der Waals surface area (Å²) in [6.07, 6.45) is 2.21. The van der Waals surface area contributed by atoms with Crippen LogP contribution < -0.4 is 9.47 Å². The number of carboxylic acids is 1. The number of benzene rings is 1. The molecular formula is C20H21N3O5S. The van der Waals surface area contributed by atoms with Gasteiger partial charge in [-0.2, -0.15) is 0 Å². The van der Waals surface area contributed by atoms with Crippen molar-refractivity contribution >= 4 is 28.2 Å². The maximum Gasteiger partial charge on any atom is 0.305 e. The lowest BCUT2D eigenvalue weighted by atomic mass is 9.89. The third-order valence-electron chi connectivity index (χ3n) is 5.27. The van der Waals surface area contributed by atoms with Gasteiger partial charge in [0.05, 0.1) is 32.4 Å². The van der Waals surface area contributed by atoms with Gasteiger partial charge in [-0.05, 0) is 36.6 Å². The fourth-order valence-electron chi connectivity index (χ4n) is 3.94. The molecule has 2 aromatic heterocycles. The molecule has 3 aromatic rings. The summed E-state index contributed by atoms with van der Waals surface area (Å²) in [4.78, 5) is 32.0. The molecule has 8 nitrogen and oxygen atoms in total. The van der Waals surface area contributed by atoms with Crippen LogP contribution in [0.25, 0.3) is 4.96 Å². The van der Waals surface area contributed by atoms with Crippen LogP contribution in [0.1, 0.15) is 39.8 Å². The molecule has 0 aliphatic carbocycles. The third kappa shape index (κ3) is 3.21. The largest absolute Gasteiger partial charge is 0.493 e. The summed E-state index contributed by atoms with van der Waals surface area (Å²) in [5.41, 5.74) is 2.84. The van der Waals surface area contributed by atoms with E-state index in [2.05, 4.69) is 4.98 Å². The van der Waals surface area contributed by atoms with E-state index in [1.165, 1.54) is 18.4 Å². The average molecular weight is 415 g/mol. The van der Waals surface area contributed by atoms with Gasteiger partial charge in [0, 0.05) is 18.1 Å². The lowest BCUT2D eigenvalue weighted by molar-refractivity contribution is -0.138. The minimum Gasteiger partial charge on any atom is -0.493 e. The minimum atomic E-state index is -0.971. The van der Waals surface area contributed by atoms with E-state index < -0.39 is 12.0 Å². The van der Waals surface area contributed by atoms with E-state index in [9.17, 15) is 14.7 Å². The Morgan fingerprint density at radius 2 is 2.00 bits per heavy atom. The number of rotatable bonds is 5. The third-order valence-corrected chi connectivity index (χ3v) is 6.03. The van der Waals surface area contributed by atoms with Gasteiger partial charge in [0.2, 0.25) is 0 Å². The zero-order valence-electron chi connectivity index (χ0n) is 16.3. The first-order valence-corrected chi connectivity index (χ1v) is 10.0. The molecule has 1 atom stereocenters. The molecule has 1 aliphatic heterocycles. The fraction of sp³-hybridized carbons (Fsp3) is 0.350. The second-order valence-electron chi connectivity index (χ2n) is 6.87. The number of ether oxygens (including phenoxy) is 2. The first-order chi connectivity index (χ1) is 13.9. The van der Waals surface area contributed by atoms with Crippen molar-refractivity contribution in [3.05, 3.63) is 46.2 Å². The van der Waals surface area contributed by atoms with Gasteiger partial charge in [0.25, 0.3) is 5.91 Å². The number of nitrogens with zero attached hydrogens (tertiary/aromatic N) is 3. The van der Waals surface area contributed by atoms with E-state index in [0.29, 0.717) is 35.9 Å². The number of thiazole rings is 1. The number of imidazole rings is 1. The highest BCUT2D eigenvalue weighted by Gasteiger charge is 2.36. The van der Waals surface area contributed by atoms with Crippen LogP contribution in [0.3, 0.4) is 0 Å². The van der Waals surface area contributed by atoms with Gasteiger partial charge in [0.15, 0.2) is 16.5 Å². The fourth-order valence-corrected chi connectivity index (χ4v) is 4.70. The van der Waals surface area contributed by atoms with Crippen molar-refractivity contribution < 1.29 is 24.2 Å². The number of fused-ring (bicyclic) bond motifs is 2. The molecule has 1 N–H and O–H groups in total. The molecule has 0 spiro atoms. The number of aryl methyl sites for hydroxylation is 1. The molecule has 0 fully saturated rings. The highest BCUT2D eigenvalue weighted by molar-refractivity contribution is 7.15. The zero-order valence-corrected chi connectivity index (χ0v) is 17.2. The SMILES string of the molecule is COc1cc2c(cc1OC)C(CC(=O)O)N(C(=O)c1c(C)nc3sccn13)CC2. The molecule has 0 saturated heterocycles. The van der Waals surface area contributed by atoms with Crippen molar-refractivity contribution in [3.8, 4) is 11.5 Å². The Morgan fingerprint density at radius 1 is 1.28 bits per heavy atom. The van der Waals surface area contributed by atoms with Crippen molar-refractivity contribution in [2.24, 2.45) is 0 Å². The van der Waals surface area contributed by atoms with Crippen LogP contribution in [-0.2, 0) is 11.2 Å². The first-order valence-electron chi connectivity index (χ1n) is 9.14. The van der Waals surface area contributed by atoms with Crippen LogP contribution in [0.5, 0.6) is 11.5 Å². The lowest BCUT2D eigenvalue weighted by Crippen LogP contribution is -2.41. The van der Waals surface area contributed by atoms with Gasteiger partial charge in [-0.3, -0.25) is 14.0 Å². The Bertz CT molecular complexity index is 1100. The average Bonchev–Trinajstić information content (AvgIpc) is 3.26. The van der Waals surface area contributed by atoms with Gasteiger partial charge in [-0.15, -0.1) is 11.3 Å². The lowest BCUT2D eigenvalue weighted by Gasteiger charge is -2.37. The number of hydrogen-bond donors (Lipinski definition) is 1. The predicted octanol–water partition coefficient (Wildman–Crippen LogP) is 2.94. The molecule has 0 radical (unpaired) electrons. The van der Waals surface area contributed by atoms with Crippen LogP contribution in [0.15, 0.2) is 23.7 Å². The number of hydrogen-bond acceptors (Lipinski definition) is 6. The van der Waals surface area contributed by atoms with Crippen molar-refractivity contribution in [1.82, 2.24) is 14.3 Å². The van der Waals surface area contributed by atoms with E-state index in [-0.39, 0.29) is 12.3 Å². The molecule has 29 heavy (non-hydrogen) atoms. The molecule has 0 saturated carbocycles. The summed E-state index contributed by atoms with van der Waals surface area (Å²) in [5.74, 6) is -0.0929. The van der Waals surface area contributed by atoms with Crippen molar-refractivity contribution in [1.29, 1.82) is 0 Å². The van der Waals surface area contributed by atoms with Crippen molar-refractivity contribution in [3.63, 3.8) is 0 Å². The summed E-state index contributed by atoms with van der Waals surface area (Å²) in [5, 5.41) is 11.4. The minimum absolute atomic E-state index is 0.196. The second kappa shape index (κ2) is 7.40. The first kappa shape index (κ1) is 19.3. The van der Waals surface area contributed by atoms with Gasteiger partial charge in [-0.1, -0.05) is 0 Å². The summed E-state index contributed by atoms with van der Waals surface area (Å²) >= 11 is 1.45. The van der Waals surface area contributed by atoms with Gasteiger partial charge >= 0.3 is 5.97 Å². The number of methoxy groups -OCH3 is 2. The summed E-state index contributed by atoms with van der Waals surface area (Å²) < 4.78 is 12.5. The Balaban J connectivity index is 1.80. The zero-order chi connectivity index (χ0) is 20.7. The number of carbonyl (C=O) groups is 2. The molecule has 4 rings (SSSR count). The maximum atomic E-state index is 13.5. The molecule has 1 unspecified atom stereocenters. The monoisotopic (exact) mass is 415 g/mol. The summed E-state index contributed by atoms with van der Waals surface area (Å²) in [6.45, 7) is 2.21. The van der Waals surface area contributed by atoms with Gasteiger partial charge < -0.3 is 19.5 Å². The Labute approximate surface area is 171 Å². The van der Waals surface area contributed by atoms with Crippen molar-refractivity contribution in [2.75, 3.05) is 20.8 Å². The number of carboxylic acid groups (broad SMARTS) is 1. The number of carbonyl (C=O) groups excluding carboxylic acids is 1. The standard InChI is InChI=1S/C20H21N3O5S/c1-11-18(23-6-7-29-20(23)21-11)19(26)22-5-4-12-8-15(27-2)16(28-3)9-13(12)14(22)10-17(24)25/h6-9,14H,4-5,10H2,1-3H3,(H,24,25). The second-order valence-corrected chi connectivity index (χ2v) is 7.74. The molecule has 9 heteroatoms. The van der Waals surface area contributed by atoms with E-state index in [0.717, 1.165) is 16.1 Å². The topological polar surface area (TPSA) is 93.4 Å². The smallest absolute Gasteiger partial charge is 0.305 e. The van der Waals surface area contributed by atoms with Crippen LogP contribution in [-0.4, -0.2) is 52.0 Å². The Hall–Kier alpha value is -3.07. The number of amides is 1. The van der Waals surface area contributed by atoms with Crippen molar-refractivity contribution in [2.45, 2.75) is 25.8 Å². The van der Waals surface area contributed by atoms with Crippen LogP contribution in [0.2, 0.25) is 0 Å². The van der Waals surface area contributed by atoms with Gasteiger partial charge in [0.1, 0.15) is 5.69 Å². The number of aromatic nitrogens is 2. The van der Waals surface area contributed by atoms with E-state index in [4.69, 9.17) is 9.47 Å². The molecule has 1 amide bonds. The maximum absolute atomic E-state index is 13.5. The summed E-state index contributed by atoms with van der Waals surface area (Å²) in [7, 11) is 3.09. The molecular weight excluding hydrogens is 394 g/mol. The van der Waals surface area contributed by atoms with E-state index in [1.54, 1.807) is 29.4 Å². The summed E-state index contributed by atoms with van der Waals surface area (Å²) in [6, 6.07) is 3.04. The molecule has 1 aromatic carbocycles. The van der Waals surface area contributed by atoms with Crippen LogP contribution >= 0.6 is 11.3 Å². The molecule has 152 valence electrons. The number of aliphatic carboxylic acids is 1. The van der Waals surface area contributed by atoms with E-state index in [1.807, 2.05) is 17.6 Å². The Kier molecular flexibility index (Phi) is 4.91. The molecule has 1 aliphatic rings.